The first-order chi connectivity index (χ1) is 9.70. The molecule has 3 rings (SSSR count). The van der Waals surface area contributed by atoms with Gasteiger partial charge in [-0.1, -0.05) is 15.9 Å². The van der Waals surface area contributed by atoms with Crippen molar-refractivity contribution in [2.24, 2.45) is 0 Å². The predicted molar refractivity (Wildman–Crippen MR) is 76.1 cm³/mol. The molecule has 1 aliphatic rings. The average molecular weight is 338 g/mol. The molecule has 0 unspecified atom stereocenters. The number of hydrogen-bond donors (Lipinski definition) is 1. The highest BCUT2D eigenvalue weighted by Gasteiger charge is 2.20. The van der Waals surface area contributed by atoms with Crippen molar-refractivity contribution in [1.29, 1.82) is 0 Å². The zero-order valence-electron chi connectivity index (χ0n) is 10.6. The van der Waals surface area contributed by atoms with Gasteiger partial charge in [-0.3, -0.25) is 4.98 Å². The highest BCUT2D eigenvalue weighted by molar-refractivity contribution is 9.10. The summed E-state index contributed by atoms with van der Waals surface area (Å²) < 4.78 is 19.8. The Morgan fingerprint density at radius 3 is 3.00 bits per heavy atom. The topological polar surface area (TPSA) is 47.0 Å². The molecule has 1 aromatic carbocycles. The first-order valence-electron chi connectivity index (χ1n) is 6.38. The van der Waals surface area contributed by atoms with Crippen LogP contribution in [0, 0.1) is 5.82 Å². The molecule has 0 spiro atoms. The number of halogens is 2. The van der Waals surface area contributed by atoms with Crippen LogP contribution in [-0.2, 0) is 6.54 Å². The van der Waals surface area contributed by atoms with Gasteiger partial charge in [0.15, 0.2) is 11.6 Å². The number of rotatable bonds is 5. The van der Waals surface area contributed by atoms with Crippen molar-refractivity contribution in [3.63, 3.8) is 0 Å². The van der Waals surface area contributed by atoms with Gasteiger partial charge in [0.05, 0.1) is 11.9 Å². The van der Waals surface area contributed by atoms with E-state index < -0.39 is 5.82 Å². The minimum Gasteiger partial charge on any atom is -0.434 e. The third kappa shape index (κ3) is 3.52. The number of nitrogens with one attached hydrogen (secondary N) is 1. The third-order valence-electron chi connectivity index (χ3n) is 2.92. The average Bonchev–Trinajstić information content (AvgIpc) is 3.25. The summed E-state index contributed by atoms with van der Waals surface area (Å²) in [6, 6.07) is 5.12. The molecule has 104 valence electrons. The summed E-state index contributed by atoms with van der Waals surface area (Å²) in [5.41, 5.74) is 0.782. The van der Waals surface area contributed by atoms with E-state index in [0.29, 0.717) is 12.6 Å². The van der Waals surface area contributed by atoms with E-state index in [1.54, 1.807) is 18.3 Å². The highest BCUT2D eigenvalue weighted by Crippen LogP contribution is 2.26. The standard InChI is InChI=1S/C14H13BrFN3O/c15-9-1-4-12(16)13(5-9)20-14-8-17-6-11(19-14)7-18-10-2-3-10/h1,4-6,8,10,18H,2-3,7H2. The second-order valence-corrected chi connectivity index (χ2v) is 5.60. The molecule has 1 aliphatic carbocycles. The van der Waals surface area contributed by atoms with Crippen LogP contribution in [0.15, 0.2) is 35.1 Å². The molecule has 6 heteroatoms. The zero-order valence-corrected chi connectivity index (χ0v) is 12.2. The van der Waals surface area contributed by atoms with Crippen LogP contribution in [0.25, 0.3) is 0 Å². The van der Waals surface area contributed by atoms with E-state index in [1.165, 1.54) is 25.1 Å². The molecule has 2 aromatic rings. The molecule has 1 N–H and O–H groups in total. The van der Waals surface area contributed by atoms with E-state index >= 15 is 0 Å². The van der Waals surface area contributed by atoms with Gasteiger partial charge < -0.3 is 10.1 Å². The minimum atomic E-state index is -0.434. The third-order valence-corrected chi connectivity index (χ3v) is 3.41. The lowest BCUT2D eigenvalue weighted by molar-refractivity contribution is 0.422. The molecule has 0 saturated heterocycles. The van der Waals surface area contributed by atoms with Gasteiger partial charge in [-0.15, -0.1) is 0 Å². The Kier molecular flexibility index (Phi) is 3.93. The Morgan fingerprint density at radius 1 is 1.35 bits per heavy atom. The summed E-state index contributed by atoms with van der Waals surface area (Å²) in [6.07, 6.45) is 5.58. The highest BCUT2D eigenvalue weighted by atomic mass is 79.9. The Labute approximate surface area is 124 Å². The van der Waals surface area contributed by atoms with Crippen LogP contribution in [0.1, 0.15) is 18.5 Å². The van der Waals surface area contributed by atoms with E-state index in [2.05, 4.69) is 31.2 Å². The smallest absolute Gasteiger partial charge is 0.238 e. The molecule has 1 heterocycles. The summed E-state index contributed by atoms with van der Waals surface area (Å²) in [4.78, 5) is 8.38. The van der Waals surface area contributed by atoms with Gasteiger partial charge in [-0.05, 0) is 31.0 Å². The Morgan fingerprint density at radius 2 is 2.20 bits per heavy atom. The molecular weight excluding hydrogens is 325 g/mol. The van der Waals surface area contributed by atoms with Crippen molar-refractivity contribution in [3.8, 4) is 11.6 Å². The Balaban J connectivity index is 1.72. The van der Waals surface area contributed by atoms with Crippen LogP contribution < -0.4 is 10.1 Å². The summed E-state index contributed by atoms with van der Waals surface area (Å²) in [6.45, 7) is 0.649. The van der Waals surface area contributed by atoms with Crippen molar-refractivity contribution in [2.45, 2.75) is 25.4 Å². The Hall–Kier alpha value is -1.53. The first-order valence-corrected chi connectivity index (χ1v) is 7.17. The molecule has 1 saturated carbocycles. The van der Waals surface area contributed by atoms with Crippen molar-refractivity contribution in [1.82, 2.24) is 15.3 Å². The van der Waals surface area contributed by atoms with Gasteiger partial charge in [-0.2, -0.15) is 0 Å². The lowest BCUT2D eigenvalue weighted by Gasteiger charge is -2.07. The number of ether oxygens (including phenoxy) is 1. The van der Waals surface area contributed by atoms with Crippen molar-refractivity contribution >= 4 is 15.9 Å². The monoisotopic (exact) mass is 337 g/mol. The largest absolute Gasteiger partial charge is 0.434 e. The molecule has 0 bridgehead atoms. The minimum absolute atomic E-state index is 0.126. The van der Waals surface area contributed by atoms with Crippen molar-refractivity contribution in [3.05, 3.63) is 46.6 Å². The summed E-state index contributed by atoms with van der Waals surface area (Å²) >= 11 is 3.28. The van der Waals surface area contributed by atoms with E-state index in [0.717, 1.165) is 10.2 Å². The van der Waals surface area contributed by atoms with E-state index in [4.69, 9.17) is 4.74 Å². The Bertz CT molecular complexity index is 619. The van der Waals surface area contributed by atoms with Crippen molar-refractivity contribution < 1.29 is 9.13 Å². The van der Waals surface area contributed by atoms with Crippen LogP contribution in [0.2, 0.25) is 0 Å². The molecule has 0 amide bonds. The van der Waals surface area contributed by atoms with Gasteiger partial charge in [-0.25, -0.2) is 9.37 Å². The van der Waals surface area contributed by atoms with Crippen LogP contribution in [0.4, 0.5) is 4.39 Å². The number of nitrogens with zero attached hydrogens (tertiary/aromatic N) is 2. The SMILES string of the molecule is Fc1ccc(Br)cc1Oc1cncc(CNC2CC2)n1. The van der Waals surface area contributed by atoms with Crippen LogP contribution in [0.5, 0.6) is 11.6 Å². The predicted octanol–water partition coefficient (Wildman–Crippen LogP) is 3.42. The van der Waals surface area contributed by atoms with E-state index in [1.807, 2.05) is 0 Å². The van der Waals surface area contributed by atoms with Crippen LogP contribution in [0.3, 0.4) is 0 Å². The maximum Gasteiger partial charge on any atom is 0.238 e. The molecular formula is C14H13BrFN3O. The van der Waals surface area contributed by atoms with Gasteiger partial charge in [0.1, 0.15) is 0 Å². The maximum atomic E-state index is 13.6. The summed E-state index contributed by atoms with van der Waals surface area (Å²) in [5.74, 6) is -0.0189. The molecule has 0 aliphatic heterocycles. The number of benzene rings is 1. The van der Waals surface area contributed by atoms with E-state index in [9.17, 15) is 4.39 Å². The number of aromatic nitrogens is 2. The summed E-state index contributed by atoms with van der Waals surface area (Å²) in [7, 11) is 0. The zero-order chi connectivity index (χ0) is 13.9. The lowest BCUT2D eigenvalue weighted by atomic mass is 10.3. The van der Waals surface area contributed by atoms with Gasteiger partial charge in [0.2, 0.25) is 5.88 Å². The fourth-order valence-corrected chi connectivity index (χ4v) is 2.07. The van der Waals surface area contributed by atoms with Gasteiger partial charge in [0, 0.05) is 23.3 Å². The van der Waals surface area contributed by atoms with Gasteiger partial charge in [0.25, 0.3) is 0 Å². The van der Waals surface area contributed by atoms with Gasteiger partial charge >= 0.3 is 0 Å². The molecule has 0 radical (unpaired) electrons. The molecule has 0 atom stereocenters. The first kappa shape index (κ1) is 13.5. The second kappa shape index (κ2) is 5.85. The maximum absolute atomic E-state index is 13.6. The fraction of sp³-hybridized carbons (Fsp3) is 0.286. The quantitative estimate of drug-likeness (QED) is 0.908. The molecule has 1 aromatic heterocycles. The lowest BCUT2D eigenvalue weighted by Crippen LogP contribution is -2.16. The molecule has 1 fully saturated rings. The fourth-order valence-electron chi connectivity index (χ4n) is 1.73. The molecule has 4 nitrogen and oxygen atoms in total. The van der Waals surface area contributed by atoms with E-state index in [-0.39, 0.29) is 11.6 Å². The molecule has 20 heavy (non-hydrogen) atoms. The van der Waals surface area contributed by atoms with Crippen molar-refractivity contribution in [2.75, 3.05) is 0 Å². The normalized spacial score (nSPS) is 14.3. The summed E-state index contributed by atoms with van der Waals surface area (Å²) in [5, 5.41) is 3.34. The number of hydrogen-bond acceptors (Lipinski definition) is 4. The van der Waals surface area contributed by atoms with Crippen LogP contribution >= 0.6 is 15.9 Å². The van der Waals surface area contributed by atoms with Crippen LogP contribution in [-0.4, -0.2) is 16.0 Å². The second-order valence-electron chi connectivity index (χ2n) is 4.68.